The minimum Gasteiger partial charge on any atom is -0.490 e. The van der Waals surface area contributed by atoms with Gasteiger partial charge in [-0.25, -0.2) is 8.42 Å². The molecule has 3 aromatic rings. The molecule has 0 atom stereocenters. The van der Waals surface area contributed by atoms with Gasteiger partial charge < -0.3 is 13.7 Å². The van der Waals surface area contributed by atoms with Crippen molar-refractivity contribution >= 4 is 10.0 Å². The molecule has 4 heterocycles. The van der Waals surface area contributed by atoms with E-state index in [-0.39, 0.29) is 11.2 Å². The van der Waals surface area contributed by atoms with Gasteiger partial charge in [-0.3, -0.25) is 4.98 Å². The molecule has 1 fully saturated rings. The lowest BCUT2D eigenvalue weighted by Gasteiger charge is -2.30. The fourth-order valence-electron chi connectivity index (χ4n) is 3.15. The average Bonchev–Trinajstić information content (AvgIpc) is 3.31. The molecule has 28 heavy (non-hydrogen) atoms. The van der Waals surface area contributed by atoms with Crippen molar-refractivity contribution in [2.24, 2.45) is 0 Å². The first-order valence-electron chi connectivity index (χ1n) is 9.05. The van der Waals surface area contributed by atoms with Crippen LogP contribution >= 0.6 is 0 Å². The summed E-state index contributed by atoms with van der Waals surface area (Å²) >= 11 is 0. The normalized spacial score (nSPS) is 16.4. The number of hydrogen-bond acceptors (Lipinski definition) is 7. The van der Waals surface area contributed by atoms with Crippen LogP contribution < -0.4 is 4.74 Å². The Morgan fingerprint density at radius 3 is 2.46 bits per heavy atom. The summed E-state index contributed by atoms with van der Waals surface area (Å²) in [5, 5.41) is 3.79. The molecule has 0 amide bonds. The van der Waals surface area contributed by atoms with E-state index in [2.05, 4.69) is 10.1 Å². The first-order valence-corrected chi connectivity index (χ1v) is 10.5. The van der Waals surface area contributed by atoms with E-state index in [0.29, 0.717) is 37.5 Å². The van der Waals surface area contributed by atoms with Crippen LogP contribution in [0.1, 0.15) is 24.1 Å². The number of rotatable bonds is 5. The topological polar surface area (TPSA) is 98.7 Å². The Morgan fingerprint density at radius 1 is 1.11 bits per heavy atom. The van der Waals surface area contributed by atoms with Crippen molar-refractivity contribution in [3.05, 3.63) is 47.9 Å². The second kappa shape index (κ2) is 7.40. The largest absolute Gasteiger partial charge is 0.490 e. The van der Waals surface area contributed by atoms with E-state index < -0.39 is 10.0 Å². The minimum atomic E-state index is -3.71. The molecule has 0 saturated carbocycles. The molecule has 1 saturated heterocycles. The Balaban J connectivity index is 1.44. The molecule has 1 aliphatic rings. The Kier molecular flexibility index (Phi) is 4.94. The Bertz CT molecular complexity index is 1050. The first kappa shape index (κ1) is 18.7. The number of pyridine rings is 1. The third-order valence-electron chi connectivity index (χ3n) is 4.91. The first-order chi connectivity index (χ1) is 13.4. The van der Waals surface area contributed by atoms with Crippen molar-refractivity contribution in [3.63, 3.8) is 0 Å². The van der Waals surface area contributed by atoms with Crippen molar-refractivity contribution < 1.29 is 22.1 Å². The fraction of sp³-hybridized carbons (Fsp3) is 0.368. The second-order valence-corrected chi connectivity index (χ2v) is 8.61. The van der Waals surface area contributed by atoms with E-state index in [4.69, 9.17) is 13.7 Å². The van der Waals surface area contributed by atoms with Gasteiger partial charge in [0.25, 0.3) is 10.0 Å². The van der Waals surface area contributed by atoms with E-state index in [1.807, 2.05) is 13.8 Å². The van der Waals surface area contributed by atoms with Crippen LogP contribution in [0.3, 0.4) is 0 Å². The van der Waals surface area contributed by atoms with Gasteiger partial charge in [0.15, 0.2) is 5.76 Å². The van der Waals surface area contributed by atoms with Crippen molar-refractivity contribution in [1.82, 2.24) is 14.4 Å². The van der Waals surface area contributed by atoms with Crippen molar-refractivity contribution in [3.8, 4) is 17.3 Å². The standard InChI is InChI=1S/C19H21N3O5S/c1-13-14(2)21-27-19(13)17-3-4-18(26-17)28(23,24)22-11-7-16(8-12-22)25-15-5-9-20-10-6-15/h3-6,9-10,16H,7-8,11-12H2,1-2H3. The van der Waals surface area contributed by atoms with Crippen LogP contribution in [0, 0.1) is 13.8 Å². The van der Waals surface area contributed by atoms with Gasteiger partial charge in [0, 0.05) is 31.0 Å². The van der Waals surface area contributed by atoms with Crippen molar-refractivity contribution in [2.75, 3.05) is 13.1 Å². The van der Waals surface area contributed by atoms with Gasteiger partial charge in [-0.1, -0.05) is 5.16 Å². The van der Waals surface area contributed by atoms with E-state index in [9.17, 15) is 8.42 Å². The Hall–Kier alpha value is -2.65. The van der Waals surface area contributed by atoms with E-state index in [0.717, 1.165) is 17.0 Å². The lowest BCUT2D eigenvalue weighted by Crippen LogP contribution is -2.41. The fourth-order valence-corrected chi connectivity index (χ4v) is 4.53. The highest BCUT2D eigenvalue weighted by molar-refractivity contribution is 7.89. The SMILES string of the molecule is Cc1noc(-c2ccc(S(=O)(=O)N3CCC(Oc4ccncc4)CC3)o2)c1C. The van der Waals surface area contributed by atoms with Gasteiger partial charge in [0.1, 0.15) is 11.9 Å². The third kappa shape index (κ3) is 3.55. The van der Waals surface area contributed by atoms with Gasteiger partial charge in [0.05, 0.1) is 5.69 Å². The van der Waals surface area contributed by atoms with Gasteiger partial charge in [-0.05, 0) is 51.0 Å². The predicted molar refractivity (Wildman–Crippen MR) is 100 cm³/mol. The summed E-state index contributed by atoms with van der Waals surface area (Å²) in [6.45, 7) is 4.41. The molecule has 0 spiro atoms. The third-order valence-corrected chi connectivity index (χ3v) is 6.68. The van der Waals surface area contributed by atoms with Gasteiger partial charge in [-0.15, -0.1) is 0 Å². The molecule has 0 N–H and O–H groups in total. The summed E-state index contributed by atoms with van der Waals surface area (Å²) in [5.74, 6) is 1.54. The van der Waals surface area contributed by atoms with Gasteiger partial charge in [0.2, 0.25) is 10.9 Å². The maximum Gasteiger partial charge on any atom is 0.276 e. The number of sulfonamides is 1. The summed E-state index contributed by atoms with van der Waals surface area (Å²) in [7, 11) is -3.71. The molecule has 0 aromatic carbocycles. The molecule has 9 heteroatoms. The Morgan fingerprint density at radius 2 is 1.82 bits per heavy atom. The number of hydrogen-bond donors (Lipinski definition) is 0. The van der Waals surface area contributed by atoms with Crippen LogP contribution in [0.5, 0.6) is 5.75 Å². The molecular weight excluding hydrogens is 382 g/mol. The minimum absolute atomic E-state index is 0.0270. The molecule has 0 unspecified atom stereocenters. The van der Waals surface area contributed by atoms with E-state index in [1.165, 1.54) is 10.4 Å². The number of nitrogens with zero attached hydrogens (tertiary/aromatic N) is 3. The highest BCUT2D eigenvalue weighted by atomic mass is 32.2. The van der Waals surface area contributed by atoms with Crippen LogP contribution in [-0.4, -0.2) is 42.1 Å². The number of ether oxygens (including phenoxy) is 1. The summed E-state index contributed by atoms with van der Waals surface area (Å²) in [6.07, 6.45) is 4.52. The molecule has 0 aliphatic carbocycles. The van der Waals surface area contributed by atoms with Crippen LogP contribution in [0.25, 0.3) is 11.5 Å². The zero-order chi connectivity index (χ0) is 19.7. The number of aryl methyl sites for hydroxylation is 1. The van der Waals surface area contributed by atoms with Crippen LogP contribution in [0.2, 0.25) is 0 Å². The molecule has 1 aliphatic heterocycles. The van der Waals surface area contributed by atoms with Crippen molar-refractivity contribution in [2.45, 2.75) is 37.9 Å². The maximum absolute atomic E-state index is 12.9. The number of piperidine rings is 1. The lowest BCUT2D eigenvalue weighted by atomic mass is 10.1. The quantitative estimate of drug-likeness (QED) is 0.645. The zero-order valence-electron chi connectivity index (χ0n) is 15.7. The molecule has 0 radical (unpaired) electrons. The van der Waals surface area contributed by atoms with Crippen molar-refractivity contribution in [1.29, 1.82) is 0 Å². The molecule has 148 valence electrons. The van der Waals surface area contributed by atoms with Crippen LogP contribution in [-0.2, 0) is 10.0 Å². The van der Waals surface area contributed by atoms with E-state index >= 15 is 0 Å². The molecule has 3 aromatic heterocycles. The van der Waals surface area contributed by atoms with Crippen LogP contribution in [0.4, 0.5) is 0 Å². The van der Waals surface area contributed by atoms with Gasteiger partial charge >= 0.3 is 0 Å². The molecule has 8 nitrogen and oxygen atoms in total. The van der Waals surface area contributed by atoms with E-state index in [1.54, 1.807) is 30.6 Å². The predicted octanol–water partition coefficient (Wildman–Crippen LogP) is 3.18. The molecule has 4 rings (SSSR count). The molecule has 0 bridgehead atoms. The highest BCUT2D eigenvalue weighted by Crippen LogP contribution is 2.31. The summed E-state index contributed by atoms with van der Waals surface area (Å²) in [4.78, 5) is 3.96. The lowest BCUT2D eigenvalue weighted by molar-refractivity contribution is 0.134. The summed E-state index contributed by atoms with van der Waals surface area (Å²) < 4.78 is 44.0. The monoisotopic (exact) mass is 403 g/mol. The Labute approximate surface area is 163 Å². The smallest absolute Gasteiger partial charge is 0.276 e. The summed E-state index contributed by atoms with van der Waals surface area (Å²) in [6, 6.07) is 6.64. The average molecular weight is 403 g/mol. The van der Waals surface area contributed by atoms with Crippen LogP contribution in [0.15, 0.2) is 50.7 Å². The maximum atomic E-state index is 12.9. The number of aromatic nitrogens is 2. The zero-order valence-corrected chi connectivity index (χ0v) is 16.5. The summed E-state index contributed by atoms with van der Waals surface area (Å²) in [5.41, 5.74) is 1.57. The van der Waals surface area contributed by atoms with Gasteiger partial charge in [-0.2, -0.15) is 4.31 Å². The second-order valence-electron chi connectivity index (χ2n) is 6.75. The molecular formula is C19H21N3O5S. The highest BCUT2D eigenvalue weighted by Gasteiger charge is 2.33. The number of furan rings is 1.